The van der Waals surface area contributed by atoms with Crippen LogP contribution in [0, 0.1) is 0 Å². The minimum absolute atomic E-state index is 0.0781. The number of esters is 5. The van der Waals surface area contributed by atoms with E-state index < -0.39 is 85.4 Å². The molecule has 68 heavy (non-hydrogen) atoms. The van der Waals surface area contributed by atoms with E-state index in [2.05, 4.69) is 5.32 Å². The molecule has 1 fully saturated rings. The quantitative estimate of drug-likeness (QED) is 0.0653. The van der Waals surface area contributed by atoms with E-state index in [0.717, 1.165) is 0 Å². The van der Waals surface area contributed by atoms with Crippen LogP contribution in [0.25, 0.3) is 0 Å². The summed E-state index contributed by atoms with van der Waals surface area (Å²) < 4.78 is 48.2. The predicted octanol–water partition coefficient (Wildman–Crippen LogP) is 7.69. The van der Waals surface area contributed by atoms with Gasteiger partial charge in [0.05, 0.1) is 28.4 Å². The third-order valence-electron chi connectivity index (χ3n) is 10.5. The van der Waals surface area contributed by atoms with Crippen LogP contribution in [0.5, 0.6) is 0 Å². The number of ether oxygens (including phenoxy) is 8. The van der Waals surface area contributed by atoms with Crippen molar-refractivity contribution in [3.63, 3.8) is 0 Å². The highest BCUT2D eigenvalue weighted by molar-refractivity contribution is 5.91. The number of rotatable bonds is 18. The van der Waals surface area contributed by atoms with Crippen molar-refractivity contribution in [2.75, 3.05) is 6.61 Å². The maximum absolute atomic E-state index is 14.1. The average Bonchev–Trinajstić information content (AvgIpc) is 3.39. The number of benzene rings is 6. The summed E-state index contributed by atoms with van der Waals surface area (Å²) in [7, 11) is 0. The first-order valence-electron chi connectivity index (χ1n) is 21.6. The van der Waals surface area contributed by atoms with Crippen molar-refractivity contribution in [3.05, 3.63) is 215 Å². The standard InChI is InChI=1S/C53H47NO14/c1-35(43(51(59)61-32-36-20-8-2-9-21-36)54-53(60)63-33-37-22-10-3-11-23-37)64-52-46(68-50(58)41-30-18-7-19-31-41)45(67-49(57)40-28-16-6-17-29-40)44(66-48(56)39-26-14-5-15-27-39)42(65-52)34-62-47(55)38-24-12-4-13-25-38/h2-31,35,42-46,52H,32-34H2,1H3,(H,54,60)/t35-,42-,43+,44-,45+,46-,52-/m1/s1. The molecule has 1 N–H and O–H groups in total. The largest absolute Gasteiger partial charge is 0.459 e. The normalized spacial score (nSPS) is 18.3. The fraction of sp³-hybridized carbons (Fsp3) is 0.208. The van der Waals surface area contributed by atoms with Gasteiger partial charge in [-0.1, -0.05) is 133 Å². The molecule has 6 aromatic carbocycles. The van der Waals surface area contributed by atoms with Crippen LogP contribution in [0.15, 0.2) is 182 Å². The summed E-state index contributed by atoms with van der Waals surface area (Å²) in [5.74, 6) is -4.45. The highest BCUT2D eigenvalue weighted by Crippen LogP contribution is 2.33. The molecule has 15 nitrogen and oxygen atoms in total. The molecular formula is C53H47NO14. The van der Waals surface area contributed by atoms with Gasteiger partial charge in [0.15, 0.2) is 30.6 Å². The second-order valence-corrected chi connectivity index (χ2v) is 15.3. The molecule has 7 atom stereocenters. The van der Waals surface area contributed by atoms with Gasteiger partial charge in [-0.3, -0.25) is 0 Å². The van der Waals surface area contributed by atoms with Crippen LogP contribution in [0.1, 0.15) is 59.5 Å². The van der Waals surface area contributed by atoms with E-state index in [9.17, 15) is 28.8 Å². The Labute approximate surface area is 391 Å². The van der Waals surface area contributed by atoms with Gasteiger partial charge in [-0.05, 0) is 66.6 Å². The van der Waals surface area contributed by atoms with Crippen molar-refractivity contribution in [2.45, 2.75) is 63.0 Å². The average molecular weight is 922 g/mol. The van der Waals surface area contributed by atoms with Crippen LogP contribution >= 0.6 is 0 Å². The molecule has 348 valence electrons. The van der Waals surface area contributed by atoms with Crippen molar-refractivity contribution < 1.29 is 66.7 Å². The molecule has 0 aliphatic carbocycles. The van der Waals surface area contributed by atoms with Gasteiger partial charge >= 0.3 is 35.9 Å². The molecule has 0 saturated carbocycles. The van der Waals surface area contributed by atoms with Gasteiger partial charge in [0.2, 0.25) is 0 Å². The van der Waals surface area contributed by atoms with E-state index in [0.29, 0.717) is 11.1 Å². The van der Waals surface area contributed by atoms with Gasteiger partial charge in [0.1, 0.15) is 25.9 Å². The smallest absolute Gasteiger partial charge is 0.408 e. The van der Waals surface area contributed by atoms with E-state index in [4.69, 9.17) is 37.9 Å². The molecule has 0 aromatic heterocycles. The first-order valence-corrected chi connectivity index (χ1v) is 21.6. The lowest BCUT2D eigenvalue weighted by atomic mass is 9.97. The fourth-order valence-electron chi connectivity index (χ4n) is 7.01. The first kappa shape index (κ1) is 47.8. The van der Waals surface area contributed by atoms with Crippen LogP contribution < -0.4 is 5.32 Å². The van der Waals surface area contributed by atoms with Gasteiger partial charge in [-0.15, -0.1) is 0 Å². The van der Waals surface area contributed by atoms with Crippen molar-refractivity contribution in [1.82, 2.24) is 5.32 Å². The van der Waals surface area contributed by atoms with E-state index in [1.807, 2.05) is 0 Å². The van der Waals surface area contributed by atoms with Gasteiger partial charge < -0.3 is 43.2 Å². The lowest BCUT2D eigenvalue weighted by molar-refractivity contribution is -0.308. The molecule has 0 bridgehead atoms. The summed E-state index contributed by atoms with van der Waals surface area (Å²) in [5, 5.41) is 2.53. The fourth-order valence-corrected chi connectivity index (χ4v) is 7.01. The van der Waals surface area contributed by atoms with E-state index in [-0.39, 0.29) is 35.5 Å². The molecule has 0 spiro atoms. The molecule has 7 rings (SSSR count). The zero-order valence-electron chi connectivity index (χ0n) is 36.7. The van der Waals surface area contributed by atoms with Gasteiger partial charge in [0.25, 0.3) is 0 Å². The zero-order chi connectivity index (χ0) is 47.7. The Bertz CT molecular complexity index is 2590. The summed E-state index contributed by atoms with van der Waals surface area (Å²) in [6.45, 7) is 0.474. The van der Waals surface area contributed by atoms with Gasteiger partial charge in [-0.25, -0.2) is 28.8 Å². The Kier molecular flexibility index (Phi) is 16.8. The molecule has 15 heteroatoms. The third-order valence-corrected chi connectivity index (χ3v) is 10.5. The first-order chi connectivity index (χ1) is 33.1. The predicted molar refractivity (Wildman–Crippen MR) is 243 cm³/mol. The highest BCUT2D eigenvalue weighted by atomic mass is 16.7. The second-order valence-electron chi connectivity index (χ2n) is 15.3. The second kappa shape index (κ2) is 23.9. The summed E-state index contributed by atoms with van der Waals surface area (Å²) >= 11 is 0. The summed E-state index contributed by atoms with van der Waals surface area (Å²) in [5.41, 5.74) is 1.77. The summed E-state index contributed by atoms with van der Waals surface area (Å²) in [6.07, 6.45) is -10.9. The van der Waals surface area contributed by atoms with E-state index in [1.165, 1.54) is 55.5 Å². The van der Waals surface area contributed by atoms with Crippen LogP contribution in [0.2, 0.25) is 0 Å². The molecule has 0 unspecified atom stereocenters. The van der Waals surface area contributed by atoms with E-state index >= 15 is 0 Å². The molecule has 1 amide bonds. The molecular weight excluding hydrogens is 875 g/mol. The molecule has 1 heterocycles. The van der Waals surface area contributed by atoms with Crippen LogP contribution in [-0.2, 0) is 55.9 Å². The minimum atomic E-state index is -1.80. The Balaban J connectivity index is 1.26. The highest BCUT2D eigenvalue weighted by Gasteiger charge is 2.54. The van der Waals surface area contributed by atoms with Crippen molar-refractivity contribution in [3.8, 4) is 0 Å². The maximum Gasteiger partial charge on any atom is 0.408 e. The van der Waals surface area contributed by atoms with Crippen LogP contribution in [-0.4, -0.2) is 85.4 Å². The Morgan fingerprint density at radius 1 is 0.471 bits per heavy atom. The molecule has 1 aliphatic heterocycles. The SMILES string of the molecule is C[C@@H](O[C@@H]1O[C@H](COC(=O)c2ccccc2)[C@@H](OC(=O)c2ccccc2)[C@H](OC(=O)c2ccccc2)[C@H]1OC(=O)c1ccccc1)[C@H](NC(=O)OCc1ccccc1)C(=O)OCc1ccccc1. The number of hydrogen-bond acceptors (Lipinski definition) is 14. The van der Waals surface area contributed by atoms with Crippen LogP contribution in [0.3, 0.4) is 0 Å². The number of hydrogen-bond donors (Lipinski definition) is 1. The number of nitrogens with one attached hydrogen (secondary N) is 1. The number of carbonyl (C=O) groups is 6. The summed E-state index contributed by atoms with van der Waals surface area (Å²) in [4.78, 5) is 82.9. The Hall–Kier alpha value is -8.14. The molecule has 1 saturated heterocycles. The number of alkyl carbamates (subject to hydrolysis) is 1. The Morgan fingerprint density at radius 2 is 0.853 bits per heavy atom. The lowest BCUT2D eigenvalue weighted by Crippen LogP contribution is -2.64. The summed E-state index contributed by atoms with van der Waals surface area (Å²) in [6, 6.07) is 47.8. The lowest BCUT2D eigenvalue weighted by Gasteiger charge is -2.45. The van der Waals surface area contributed by atoms with Gasteiger partial charge in [-0.2, -0.15) is 0 Å². The van der Waals surface area contributed by atoms with Gasteiger partial charge in [0, 0.05) is 0 Å². The maximum atomic E-state index is 14.1. The minimum Gasteiger partial charge on any atom is -0.459 e. The molecule has 1 aliphatic rings. The zero-order valence-corrected chi connectivity index (χ0v) is 36.7. The monoisotopic (exact) mass is 921 g/mol. The van der Waals surface area contributed by atoms with Crippen molar-refractivity contribution >= 4 is 35.9 Å². The Morgan fingerprint density at radius 3 is 1.31 bits per heavy atom. The van der Waals surface area contributed by atoms with Crippen molar-refractivity contribution in [2.24, 2.45) is 0 Å². The number of carbonyl (C=O) groups excluding carboxylic acids is 6. The number of amides is 1. The van der Waals surface area contributed by atoms with Crippen molar-refractivity contribution in [1.29, 1.82) is 0 Å². The van der Waals surface area contributed by atoms with Crippen LogP contribution in [0.4, 0.5) is 4.79 Å². The molecule has 6 aromatic rings. The molecule has 0 radical (unpaired) electrons. The topological polar surface area (TPSA) is 188 Å². The third kappa shape index (κ3) is 13.2. The van der Waals surface area contributed by atoms with E-state index in [1.54, 1.807) is 133 Å².